The zero-order valence-corrected chi connectivity index (χ0v) is 16.9. The molecule has 9 heteroatoms. The van der Waals surface area contributed by atoms with E-state index in [1.807, 2.05) is 0 Å². The van der Waals surface area contributed by atoms with Crippen LogP contribution in [0.1, 0.15) is 12.5 Å². The Morgan fingerprint density at radius 2 is 2.00 bits per heavy atom. The van der Waals surface area contributed by atoms with Crippen molar-refractivity contribution in [2.75, 3.05) is 11.5 Å². The summed E-state index contributed by atoms with van der Waals surface area (Å²) in [6.45, 7) is 2.07. The van der Waals surface area contributed by atoms with Crippen molar-refractivity contribution in [3.05, 3.63) is 57.0 Å². The zero-order chi connectivity index (χ0) is 20.4. The van der Waals surface area contributed by atoms with Crippen molar-refractivity contribution < 1.29 is 24.2 Å². The standard InChI is InChI=1S/C19H14BrClN2O5/c1-2-28-15-8-10(7-14(20)16(15)24)6-13-17(25)22-19(27)23(18(13)26)12-5-3-4-11(21)9-12/h3-9,24H,2H2,1H3,(H,22,25,27)/b13-6+. The fourth-order valence-electron chi connectivity index (χ4n) is 2.62. The van der Waals surface area contributed by atoms with Crippen LogP contribution in [-0.4, -0.2) is 29.6 Å². The Morgan fingerprint density at radius 1 is 1.25 bits per heavy atom. The average Bonchev–Trinajstić information content (AvgIpc) is 2.63. The lowest BCUT2D eigenvalue weighted by molar-refractivity contribution is -0.122. The van der Waals surface area contributed by atoms with Gasteiger partial charge in [-0.05, 0) is 64.8 Å². The molecule has 7 nitrogen and oxygen atoms in total. The number of phenolic OH excluding ortho intramolecular Hbond substituents is 1. The monoisotopic (exact) mass is 464 g/mol. The highest BCUT2D eigenvalue weighted by Gasteiger charge is 2.36. The van der Waals surface area contributed by atoms with Crippen molar-refractivity contribution in [1.82, 2.24) is 5.32 Å². The molecular formula is C19H14BrClN2O5. The van der Waals surface area contributed by atoms with E-state index in [-0.39, 0.29) is 22.8 Å². The number of carbonyl (C=O) groups is 3. The SMILES string of the molecule is CCOc1cc(/C=C2\C(=O)NC(=O)N(c3cccc(Cl)c3)C2=O)cc(Br)c1O. The summed E-state index contributed by atoms with van der Waals surface area (Å²) in [5.41, 5.74) is 0.405. The highest BCUT2D eigenvalue weighted by atomic mass is 79.9. The molecule has 0 atom stereocenters. The highest BCUT2D eigenvalue weighted by molar-refractivity contribution is 9.10. The molecule has 1 aliphatic rings. The van der Waals surface area contributed by atoms with Gasteiger partial charge in [0.05, 0.1) is 16.8 Å². The van der Waals surface area contributed by atoms with Gasteiger partial charge in [-0.25, -0.2) is 9.69 Å². The van der Waals surface area contributed by atoms with Crippen LogP contribution in [-0.2, 0) is 9.59 Å². The van der Waals surface area contributed by atoms with Crippen LogP contribution >= 0.6 is 27.5 Å². The van der Waals surface area contributed by atoms with Crippen LogP contribution in [0.4, 0.5) is 10.5 Å². The molecule has 0 bridgehead atoms. The Hall–Kier alpha value is -2.84. The van der Waals surface area contributed by atoms with E-state index in [2.05, 4.69) is 21.2 Å². The Labute approximate surface area is 173 Å². The van der Waals surface area contributed by atoms with Gasteiger partial charge in [0.2, 0.25) is 0 Å². The van der Waals surface area contributed by atoms with Gasteiger partial charge in [0, 0.05) is 5.02 Å². The number of hydrogen-bond donors (Lipinski definition) is 2. The van der Waals surface area contributed by atoms with Crippen LogP contribution < -0.4 is 15.0 Å². The molecule has 0 aliphatic carbocycles. The largest absolute Gasteiger partial charge is 0.503 e. The summed E-state index contributed by atoms with van der Waals surface area (Å²) >= 11 is 9.14. The third-order valence-electron chi connectivity index (χ3n) is 3.83. The fourth-order valence-corrected chi connectivity index (χ4v) is 3.26. The van der Waals surface area contributed by atoms with Gasteiger partial charge in [-0.1, -0.05) is 17.7 Å². The highest BCUT2D eigenvalue weighted by Crippen LogP contribution is 2.36. The number of hydrogen-bond acceptors (Lipinski definition) is 5. The smallest absolute Gasteiger partial charge is 0.335 e. The summed E-state index contributed by atoms with van der Waals surface area (Å²) in [7, 11) is 0. The van der Waals surface area contributed by atoms with Crippen molar-refractivity contribution in [2.45, 2.75) is 6.92 Å². The number of nitrogens with one attached hydrogen (secondary N) is 1. The molecule has 4 amide bonds. The van der Waals surface area contributed by atoms with E-state index in [9.17, 15) is 19.5 Å². The van der Waals surface area contributed by atoms with E-state index in [4.69, 9.17) is 16.3 Å². The van der Waals surface area contributed by atoms with Gasteiger partial charge in [-0.2, -0.15) is 0 Å². The Balaban J connectivity index is 2.04. The quantitative estimate of drug-likeness (QED) is 0.528. The van der Waals surface area contributed by atoms with Crippen LogP contribution in [0.15, 0.2) is 46.4 Å². The fraction of sp³-hybridized carbons (Fsp3) is 0.105. The van der Waals surface area contributed by atoms with Gasteiger partial charge >= 0.3 is 6.03 Å². The lowest BCUT2D eigenvalue weighted by Crippen LogP contribution is -2.54. The van der Waals surface area contributed by atoms with E-state index in [0.29, 0.717) is 21.7 Å². The number of aromatic hydroxyl groups is 1. The molecule has 2 aromatic rings. The number of barbiturate groups is 1. The molecular weight excluding hydrogens is 452 g/mol. The maximum Gasteiger partial charge on any atom is 0.335 e. The van der Waals surface area contributed by atoms with Crippen LogP contribution in [0.3, 0.4) is 0 Å². The summed E-state index contributed by atoms with van der Waals surface area (Å²) < 4.78 is 5.68. The minimum absolute atomic E-state index is 0.0980. The molecule has 0 saturated carbocycles. The van der Waals surface area contributed by atoms with Crippen LogP contribution in [0.25, 0.3) is 6.08 Å². The summed E-state index contributed by atoms with van der Waals surface area (Å²) in [5, 5.41) is 12.5. The van der Waals surface area contributed by atoms with E-state index in [1.54, 1.807) is 19.1 Å². The molecule has 2 aromatic carbocycles. The van der Waals surface area contributed by atoms with E-state index >= 15 is 0 Å². The lowest BCUT2D eigenvalue weighted by atomic mass is 10.1. The number of rotatable bonds is 4. The number of anilines is 1. The molecule has 2 N–H and O–H groups in total. The third-order valence-corrected chi connectivity index (χ3v) is 4.67. The van der Waals surface area contributed by atoms with Crippen LogP contribution in [0, 0.1) is 0 Å². The third kappa shape index (κ3) is 3.88. The second kappa shape index (κ2) is 8.04. The van der Waals surface area contributed by atoms with E-state index in [1.165, 1.54) is 30.3 Å². The Kier molecular flexibility index (Phi) is 5.71. The molecule has 0 unspecified atom stereocenters. The lowest BCUT2D eigenvalue weighted by Gasteiger charge is -2.26. The van der Waals surface area contributed by atoms with Gasteiger partial charge in [0.1, 0.15) is 5.57 Å². The number of amides is 4. The first-order valence-electron chi connectivity index (χ1n) is 8.14. The second-order valence-corrected chi connectivity index (χ2v) is 7.01. The molecule has 1 saturated heterocycles. The number of carbonyl (C=O) groups excluding carboxylic acids is 3. The predicted octanol–water partition coefficient (Wildman–Crippen LogP) is 3.87. The number of urea groups is 1. The minimum atomic E-state index is -0.865. The topological polar surface area (TPSA) is 95.9 Å². The number of nitrogens with zero attached hydrogens (tertiary/aromatic N) is 1. The summed E-state index contributed by atoms with van der Waals surface area (Å²) in [6, 6.07) is 8.29. The first-order chi connectivity index (χ1) is 13.3. The second-order valence-electron chi connectivity index (χ2n) is 5.72. The number of ether oxygens (including phenoxy) is 1. The average molecular weight is 466 g/mol. The van der Waals surface area contributed by atoms with Crippen LogP contribution in [0.2, 0.25) is 5.02 Å². The molecule has 1 aliphatic heterocycles. The Morgan fingerprint density at radius 3 is 2.68 bits per heavy atom. The number of phenols is 1. The normalized spacial score (nSPS) is 15.8. The number of halogens is 2. The number of benzene rings is 2. The molecule has 3 rings (SSSR count). The predicted molar refractivity (Wildman–Crippen MR) is 107 cm³/mol. The maximum atomic E-state index is 12.9. The first kappa shape index (κ1) is 19.9. The van der Waals surface area contributed by atoms with Gasteiger partial charge in [0.25, 0.3) is 11.8 Å². The van der Waals surface area contributed by atoms with Crippen molar-refractivity contribution in [2.24, 2.45) is 0 Å². The molecule has 1 fully saturated rings. The van der Waals surface area contributed by atoms with Crippen molar-refractivity contribution in [3.63, 3.8) is 0 Å². The maximum absolute atomic E-state index is 12.9. The van der Waals surface area contributed by atoms with Gasteiger partial charge in [-0.15, -0.1) is 0 Å². The van der Waals surface area contributed by atoms with Crippen molar-refractivity contribution in [3.8, 4) is 11.5 Å². The van der Waals surface area contributed by atoms with Crippen molar-refractivity contribution in [1.29, 1.82) is 0 Å². The van der Waals surface area contributed by atoms with Crippen LogP contribution in [0.5, 0.6) is 11.5 Å². The minimum Gasteiger partial charge on any atom is -0.503 e. The zero-order valence-electron chi connectivity index (χ0n) is 14.5. The molecule has 144 valence electrons. The van der Waals surface area contributed by atoms with Gasteiger partial charge in [0.15, 0.2) is 11.5 Å². The van der Waals surface area contributed by atoms with E-state index < -0.39 is 17.8 Å². The first-order valence-corrected chi connectivity index (χ1v) is 9.31. The summed E-state index contributed by atoms with van der Waals surface area (Å²) in [5.74, 6) is -1.53. The van der Waals surface area contributed by atoms with E-state index in [0.717, 1.165) is 4.90 Å². The molecule has 1 heterocycles. The summed E-state index contributed by atoms with van der Waals surface area (Å²) in [4.78, 5) is 38.2. The summed E-state index contributed by atoms with van der Waals surface area (Å²) in [6.07, 6.45) is 1.31. The molecule has 0 radical (unpaired) electrons. The molecule has 0 aromatic heterocycles. The van der Waals surface area contributed by atoms with Crippen molar-refractivity contribution >= 4 is 57.1 Å². The van der Waals surface area contributed by atoms with Gasteiger partial charge in [-0.3, -0.25) is 14.9 Å². The number of imide groups is 2. The molecule has 0 spiro atoms. The molecule has 28 heavy (non-hydrogen) atoms. The van der Waals surface area contributed by atoms with Gasteiger partial charge < -0.3 is 9.84 Å². The Bertz CT molecular complexity index is 1020.